The van der Waals surface area contributed by atoms with Crippen molar-refractivity contribution in [2.45, 2.75) is 31.8 Å². The normalized spacial score (nSPS) is 20.8. The highest BCUT2D eigenvalue weighted by Gasteiger charge is 2.31. The summed E-state index contributed by atoms with van der Waals surface area (Å²) in [5.74, 6) is 1.88. The van der Waals surface area contributed by atoms with Crippen LogP contribution in [0.5, 0.6) is 0 Å². The molecule has 1 saturated carbocycles. The average Bonchev–Trinajstić information content (AvgIpc) is 3.16. The van der Waals surface area contributed by atoms with E-state index in [0.717, 1.165) is 61.7 Å². The molecule has 2 aliphatic rings. The van der Waals surface area contributed by atoms with Gasteiger partial charge >= 0.3 is 0 Å². The van der Waals surface area contributed by atoms with Crippen LogP contribution in [0.25, 0.3) is 11.0 Å². The number of Topliss-reactive ketones (excluding diaryl/α,β-unsaturated/α-hetero) is 1. The summed E-state index contributed by atoms with van der Waals surface area (Å²) in [6.45, 7) is 4.91. The molecular formula is C24H27N7O. The fourth-order valence-electron chi connectivity index (χ4n) is 4.66. The predicted molar refractivity (Wildman–Crippen MR) is 124 cm³/mol. The number of hydrogen-bond acceptors (Lipinski definition) is 7. The lowest BCUT2D eigenvalue weighted by atomic mass is 9.87. The van der Waals surface area contributed by atoms with Crippen molar-refractivity contribution >= 4 is 28.5 Å². The molecule has 2 fully saturated rings. The maximum Gasteiger partial charge on any atom is 0.161 e. The van der Waals surface area contributed by atoms with E-state index in [4.69, 9.17) is 4.98 Å². The highest BCUT2D eigenvalue weighted by molar-refractivity contribution is 5.93. The van der Waals surface area contributed by atoms with Crippen LogP contribution in [0.15, 0.2) is 36.7 Å². The minimum atomic E-state index is 0.0306. The molecule has 8 nitrogen and oxygen atoms in total. The Labute approximate surface area is 187 Å². The topological polar surface area (TPSA) is 90.1 Å². The molecule has 0 atom stereocenters. The second-order valence-corrected chi connectivity index (χ2v) is 8.65. The van der Waals surface area contributed by atoms with Crippen LogP contribution in [0, 0.1) is 11.3 Å². The molecule has 32 heavy (non-hydrogen) atoms. The van der Waals surface area contributed by atoms with Gasteiger partial charge in [-0.1, -0.05) is 0 Å². The van der Waals surface area contributed by atoms with Gasteiger partial charge in [-0.3, -0.25) is 4.79 Å². The zero-order valence-electron chi connectivity index (χ0n) is 18.5. The van der Waals surface area contributed by atoms with Gasteiger partial charge in [-0.25, -0.2) is 9.97 Å². The minimum absolute atomic E-state index is 0.0306. The smallest absolute Gasteiger partial charge is 0.161 e. The van der Waals surface area contributed by atoms with Crippen LogP contribution in [0.2, 0.25) is 0 Å². The van der Waals surface area contributed by atoms with Gasteiger partial charge in [0.15, 0.2) is 5.78 Å². The van der Waals surface area contributed by atoms with E-state index in [-0.39, 0.29) is 5.78 Å². The summed E-state index contributed by atoms with van der Waals surface area (Å²) in [7, 11) is 2.00. The van der Waals surface area contributed by atoms with Crippen molar-refractivity contribution in [3.05, 3.63) is 47.8 Å². The number of hydrogen-bond donors (Lipinski definition) is 1. The molecule has 0 radical (unpaired) electrons. The third-order valence-corrected chi connectivity index (χ3v) is 6.78. The third kappa shape index (κ3) is 3.59. The molecule has 164 valence electrons. The predicted octanol–water partition coefficient (Wildman–Crippen LogP) is 2.76. The Morgan fingerprint density at radius 2 is 1.78 bits per heavy atom. The van der Waals surface area contributed by atoms with E-state index >= 15 is 0 Å². The number of nitrogens with one attached hydrogen (secondary N) is 1. The van der Waals surface area contributed by atoms with Crippen molar-refractivity contribution in [3.63, 3.8) is 0 Å². The number of fused-ring (bicyclic) bond motifs is 1. The van der Waals surface area contributed by atoms with Crippen molar-refractivity contribution in [1.82, 2.24) is 19.9 Å². The Morgan fingerprint density at radius 3 is 2.38 bits per heavy atom. The molecule has 0 unspecified atom stereocenters. The second-order valence-electron chi connectivity index (χ2n) is 8.65. The highest BCUT2D eigenvalue weighted by atomic mass is 16.1. The number of rotatable bonds is 5. The zero-order valence-corrected chi connectivity index (χ0v) is 18.5. The third-order valence-electron chi connectivity index (χ3n) is 6.78. The number of piperazine rings is 1. The van der Waals surface area contributed by atoms with Gasteiger partial charge in [0.25, 0.3) is 0 Å². The first-order chi connectivity index (χ1) is 15.6. The first kappa shape index (κ1) is 20.5. The Hall–Kier alpha value is -3.44. The quantitative estimate of drug-likeness (QED) is 0.624. The number of carbonyl (C=O) groups excluding carboxylic acids is 1. The molecule has 0 spiro atoms. The molecule has 0 aromatic carbocycles. The van der Waals surface area contributed by atoms with Crippen molar-refractivity contribution in [3.8, 4) is 6.07 Å². The summed E-state index contributed by atoms with van der Waals surface area (Å²) in [6.07, 6.45) is 5.74. The van der Waals surface area contributed by atoms with Crippen LogP contribution in [-0.4, -0.2) is 59.6 Å². The standard InChI is InChI=1S/C24H27N7O/c1-16(32)17-3-5-22(27-14-17)29-7-9-30(10-8-29)23-6-4-21-18(13-25)15-31(24(21)28-23)20-11-19(12-20)26-2/h3-6,14-15,19-20,26H,7-12H2,1-2H3. The van der Waals surface area contributed by atoms with E-state index in [1.807, 2.05) is 37.5 Å². The number of pyridine rings is 2. The van der Waals surface area contributed by atoms with E-state index in [0.29, 0.717) is 23.2 Å². The molecule has 4 heterocycles. The summed E-state index contributed by atoms with van der Waals surface area (Å²) in [4.78, 5) is 25.5. The molecule has 3 aromatic rings. The number of aromatic nitrogens is 3. The zero-order chi connectivity index (χ0) is 22.2. The first-order valence-corrected chi connectivity index (χ1v) is 11.1. The molecule has 0 bridgehead atoms. The minimum Gasteiger partial charge on any atom is -0.353 e. The molecule has 0 amide bonds. The molecule has 1 aliphatic carbocycles. The summed E-state index contributed by atoms with van der Waals surface area (Å²) < 4.78 is 2.20. The summed E-state index contributed by atoms with van der Waals surface area (Å²) >= 11 is 0. The molecule has 1 N–H and O–H groups in total. The number of nitriles is 1. The van der Waals surface area contributed by atoms with Crippen LogP contribution >= 0.6 is 0 Å². The molecule has 1 aliphatic heterocycles. The lowest BCUT2D eigenvalue weighted by Gasteiger charge is -2.37. The molecule has 3 aromatic heterocycles. The monoisotopic (exact) mass is 429 g/mol. The number of carbonyl (C=O) groups is 1. The largest absolute Gasteiger partial charge is 0.353 e. The summed E-state index contributed by atoms with van der Waals surface area (Å²) in [5.41, 5.74) is 2.23. The summed E-state index contributed by atoms with van der Waals surface area (Å²) in [5, 5.41) is 13.8. The van der Waals surface area contributed by atoms with Gasteiger partial charge < -0.3 is 19.7 Å². The summed E-state index contributed by atoms with van der Waals surface area (Å²) in [6, 6.07) is 11.1. The molecule has 1 saturated heterocycles. The van der Waals surface area contributed by atoms with E-state index in [1.165, 1.54) is 0 Å². The molecule has 8 heteroatoms. The SMILES string of the molecule is CNC1CC(n2cc(C#N)c3ccc(N4CCN(c5ccc(C(C)=O)cn5)CC4)nc32)C1. The maximum absolute atomic E-state index is 11.5. The van der Waals surface area contributed by atoms with Gasteiger partial charge in [0.2, 0.25) is 0 Å². The van der Waals surface area contributed by atoms with E-state index < -0.39 is 0 Å². The lowest BCUT2D eigenvalue weighted by molar-refractivity contribution is 0.101. The number of anilines is 2. The average molecular weight is 430 g/mol. The van der Waals surface area contributed by atoms with Crippen molar-refractivity contribution in [2.75, 3.05) is 43.0 Å². The van der Waals surface area contributed by atoms with Gasteiger partial charge in [0.05, 0.1) is 5.56 Å². The lowest BCUT2D eigenvalue weighted by Crippen LogP contribution is -2.47. The Morgan fingerprint density at radius 1 is 1.09 bits per heavy atom. The first-order valence-electron chi connectivity index (χ1n) is 11.1. The fraction of sp³-hybridized carbons (Fsp3) is 0.417. The van der Waals surface area contributed by atoms with Gasteiger partial charge in [-0.15, -0.1) is 0 Å². The van der Waals surface area contributed by atoms with Crippen LogP contribution < -0.4 is 15.1 Å². The van der Waals surface area contributed by atoms with Gasteiger partial charge in [-0.2, -0.15) is 5.26 Å². The van der Waals surface area contributed by atoms with Crippen molar-refractivity contribution in [1.29, 1.82) is 5.26 Å². The van der Waals surface area contributed by atoms with Crippen LogP contribution in [0.4, 0.5) is 11.6 Å². The second kappa shape index (κ2) is 8.24. The van der Waals surface area contributed by atoms with E-state index in [9.17, 15) is 10.1 Å². The maximum atomic E-state index is 11.5. The van der Waals surface area contributed by atoms with E-state index in [2.05, 4.69) is 30.7 Å². The molecular weight excluding hydrogens is 402 g/mol. The Bertz CT molecular complexity index is 1180. The van der Waals surface area contributed by atoms with E-state index in [1.54, 1.807) is 13.1 Å². The molecule has 5 rings (SSSR count). The highest BCUT2D eigenvalue weighted by Crippen LogP contribution is 2.36. The number of nitrogens with zero attached hydrogens (tertiary/aromatic N) is 6. The van der Waals surface area contributed by atoms with Crippen LogP contribution in [0.1, 0.15) is 41.7 Å². The van der Waals surface area contributed by atoms with Gasteiger partial charge in [-0.05, 0) is 51.1 Å². The van der Waals surface area contributed by atoms with Crippen LogP contribution in [-0.2, 0) is 0 Å². The Kier molecular flexibility index (Phi) is 5.27. The fourth-order valence-corrected chi connectivity index (χ4v) is 4.66. The van der Waals surface area contributed by atoms with Crippen LogP contribution in [0.3, 0.4) is 0 Å². The van der Waals surface area contributed by atoms with Crippen molar-refractivity contribution < 1.29 is 4.79 Å². The van der Waals surface area contributed by atoms with Gasteiger partial charge in [0.1, 0.15) is 23.4 Å². The Balaban J connectivity index is 1.33. The number of ketones is 1. The van der Waals surface area contributed by atoms with Gasteiger partial charge in [0, 0.05) is 61.6 Å². The van der Waals surface area contributed by atoms with Crippen molar-refractivity contribution in [2.24, 2.45) is 0 Å².